The highest BCUT2D eigenvalue weighted by Gasteiger charge is 2.05. The van der Waals surface area contributed by atoms with Crippen LogP contribution in [0.3, 0.4) is 0 Å². The first-order valence-electron chi connectivity index (χ1n) is 2.84. The standard InChI is InChI=1S/C6H8ClNOS/c7-4-1-6(10-3-4)5(8)2-9/h1,3,5,9H,2,8H2. The van der Waals surface area contributed by atoms with E-state index < -0.39 is 0 Å². The maximum absolute atomic E-state index is 8.64. The number of aliphatic hydroxyl groups is 1. The molecule has 4 heteroatoms. The molecule has 3 N–H and O–H groups in total. The van der Waals surface area contributed by atoms with Gasteiger partial charge in [0, 0.05) is 10.3 Å². The Bertz CT molecular complexity index is 213. The van der Waals surface area contributed by atoms with Gasteiger partial charge in [-0.2, -0.15) is 0 Å². The van der Waals surface area contributed by atoms with Gasteiger partial charge in [0.1, 0.15) is 0 Å². The number of thiophene rings is 1. The average molecular weight is 178 g/mol. The molecule has 0 spiro atoms. The molecule has 1 aromatic heterocycles. The number of hydrogen-bond donors (Lipinski definition) is 2. The van der Waals surface area contributed by atoms with Crippen molar-refractivity contribution in [2.24, 2.45) is 5.73 Å². The molecule has 0 aliphatic heterocycles. The van der Waals surface area contributed by atoms with Crippen LogP contribution in [0.2, 0.25) is 5.02 Å². The monoisotopic (exact) mass is 177 g/mol. The summed E-state index contributed by atoms with van der Waals surface area (Å²) in [6, 6.07) is 1.49. The third-order valence-corrected chi connectivity index (χ3v) is 2.56. The molecule has 1 unspecified atom stereocenters. The van der Waals surface area contributed by atoms with Crippen molar-refractivity contribution >= 4 is 22.9 Å². The predicted octanol–water partition coefficient (Wildman–Crippen LogP) is 1.39. The number of hydrogen-bond acceptors (Lipinski definition) is 3. The zero-order chi connectivity index (χ0) is 7.56. The van der Waals surface area contributed by atoms with Crippen molar-refractivity contribution in [1.29, 1.82) is 0 Å². The van der Waals surface area contributed by atoms with E-state index in [0.29, 0.717) is 5.02 Å². The van der Waals surface area contributed by atoms with Crippen molar-refractivity contribution in [2.75, 3.05) is 6.61 Å². The summed E-state index contributed by atoms with van der Waals surface area (Å²) >= 11 is 7.10. The predicted molar refractivity (Wildman–Crippen MR) is 43.3 cm³/mol. The normalized spacial score (nSPS) is 13.5. The summed E-state index contributed by atoms with van der Waals surface area (Å²) in [5.74, 6) is 0. The summed E-state index contributed by atoms with van der Waals surface area (Å²) < 4.78 is 0. The summed E-state index contributed by atoms with van der Waals surface area (Å²) in [7, 11) is 0. The van der Waals surface area contributed by atoms with E-state index in [2.05, 4.69) is 0 Å². The maximum atomic E-state index is 8.64. The van der Waals surface area contributed by atoms with Crippen molar-refractivity contribution in [1.82, 2.24) is 0 Å². The second-order valence-corrected chi connectivity index (χ2v) is 3.34. The molecular formula is C6H8ClNOS. The van der Waals surface area contributed by atoms with Crippen molar-refractivity contribution in [3.05, 3.63) is 21.3 Å². The van der Waals surface area contributed by atoms with Crippen LogP contribution in [0, 0.1) is 0 Å². The zero-order valence-electron chi connectivity index (χ0n) is 5.25. The quantitative estimate of drug-likeness (QED) is 0.718. The Morgan fingerprint density at radius 1 is 1.80 bits per heavy atom. The second-order valence-electron chi connectivity index (χ2n) is 1.96. The Hall–Kier alpha value is -0.0900. The molecule has 0 saturated heterocycles. The zero-order valence-corrected chi connectivity index (χ0v) is 6.82. The van der Waals surface area contributed by atoms with Crippen LogP contribution in [-0.2, 0) is 0 Å². The van der Waals surface area contributed by atoms with Crippen LogP contribution in [0.5, 0.6) is 0 Å². The lowest BCUT2D eigenvalue weighted by Gasteiger charge is -2.02. The third kappa shape index (κ3) is 1.70. The van der Waals surface area contributed by atoms with E-state index in [1.807, 2.05) is 0 Å². The molecule has 0 radical (unpaired) electrons. The smallest absolute Gasteiger partial charge is 0.0632 e. The molecule has 0 bridgehead atoms. The van der Waals surface area contributed by atoms with Crippen LogP contribution in [0.15, 0.2) is 11.4 Å². The Labute approximate surface area is 68.2 Å². The van der Waals surface area contributed by atoms with E-state index in [4.69, 9.17) is 22.4 Å². The highest BCUT2D eigenvalue weighted by Crippen LogP contribution is 2.23. The lowest BCUT2D eigenvalue weighted by molar-refractivity contribution is 0.269. The molecule has 1 aromatic rings. The van der Waals surface area contributed by atoms with Gasteiger partial charge in [0.05, 0.1) is 17.7 Å². The summed E-state index contributed by atoms with van der Waals surface area (Å²) in [4.78, 5) is 0.924. The molecule has 0 aromatic carbocycles. The number of nitrogens with two attached hydrogens (primary N) is 1. The first-order chi connectivity index (χ1) is 4.74. The molecule has 0 saturated carbocycles. The molecule has 0 amide bonds. The minimum absolute atomic E-state index is 0.0309. The second kappa shape index (κ2) is 3.34. The maximum Gasteiger partial charge on any atom is 0.0632 e. The largest absolute Gasteiger partial charge is 0.394 e. The summed E-state index contributed by atoms with van der Waals surface area (Å²) in [5, 5.41) is 11.1. The van der Waals surface area contributed by atoms with E-state index in [-0.39, 0.29) is 12.6 Å². The summed E-state index contributed by atoms with van der Waals surface area (Å²) in [6.07, 6.45) is 0. The van der Waals surface area contributed by atoms with E-state index in [1.165, 1.54) is 11.3 Å². The van der Waals surface area contributed by atoms with Gasteiger partial charge in [0.25, 0.3) is 0 Å². The molecule has 1 heterocycles. The van der Waals surface area contributed by atoms with Gasteiger partial charge in [-0.05, 0) is 6.07 Å². The van der Waals surface area contributed by atoms with E-state index in [9.17, 15) is 0 Å². The number of rotatable bonds is 2. The van der Waals surface area contributed by atoms with Crippen molar-refractivity contribution in [3.8, 4) is 0 Å². The van der Waals surface area contributed by atoms with Crippen molar-refractivity contribution in [3.63, 3.8) is 0 Å². The highest BCUT2D eigenvalue weighted by atomic mass is 35.5. The Balaban J connectivity index is 2.74. The van der Waals surface area contributed by atoms with E-state index >= 15 is 0 Å². The highest BCUT2D eigenvalue weighted by molar-refractivity contribution is 7.10. The molecule has 10 heavy (non-hydrogen) atoms. The van der Waals surface area contributed by atoms with Gasteiger partial charge in [-0.15, -0.1) is 11.3 Å². The summed E-state index contributed by atoms with van der Waals surface area (Å²) in [5.41, 5.74) is 5.51. The molecule has 0 aliphatic rings. The molecule has 56 valence electrons. The van der Waals surface area contributed by atoms with Crippen LogP contribution in [0.1, 0.15) is 10.9 Å². The van der Waals surface area contributed by atoms with Gasteiger partial charge < -0.3 is 10.8 Å². The van der Waals surface area contributed by atoms with Gasteiger partial charge in [-0.1, -0.05) is 11.6 Å². The Morgan fingerprint density at radius 2 is 2.50 bits per heavy atom. The molecule has 1 atom stereocenters. The lowest BCUT2D eigenvalue weighted by atomic mass is 10.3. The molecule has 0 aliphatic carbocycles. The Morgan fingerprint density at radius 3 is 2.90 bits per heavy atom. The van der Waals surface area contributed by atoms with Gasteiger partial charge in [0.2, 0.25) is 0 Å². The van der Waals surface area contributed by atoms with Gasteiger partial charge >= 0.3 is 0 Å². The first-order valence-corrected chi connectivity index (χ1v) is 4.10. The minimum atomic E-state index is -0.280. The first kappa shape index (κ1) is 8.01. The SMILES string of the molecule is NC(CO)c1cc(Cl)cs1. The third-order valence-electron chi connectivity index (χ3n) is 1.15. The Kier molecular flexibility index (Phi) is 2.68. The van der Waals surface area contributed by atoms with Crippen molar-refractivity contribution < 1.29 is 5.11 Å². The van der Waals surface area contributed by atoms with Gasteiger partial charge in [-0.3, -0.25) is 0 Å². The molecule has 0 fully saturated rings. The van der Waals surface area contributed by atoms with Gasteiger partial charge in [0.15, 0.2) is 0 Å². The van der Waals surface area contributed by atoms with Crippen LogP contribution >= 0.6 is 22.9 Å². The number of aliphatic hydroxyl groups excluding tert-OH is 1. The molecule has 2 nitrogen and oxygen atoms in total. The van der Waals surface area contributed by atoms with Crippen LogP contribution in [-0.4, -0.2) is 11.7 Å². The fourth-order valence-electron chi connectivity index (χ4n) is 0.613. The van der Waals surface area contributed by atoms with Crippen molar-refractivity contribution in [2.45, 2.75) is 6.04 Å². The molecular weight excluding hydrogens is 170 g/mol. The molecule has 1 rings (SSSR count). The lowest BCUT2D eigenvalue weighted by Crippen LogP contribution is -2.12. The van der Waals surface area contributed by atoms with Crippen LogP contribution in [0.4, 0.5) is 0 Å². The summed E-state index contributed by atoms with van der Waals surface area (Å²) in [6.45, 7) is -0.0309. The number of halogens is 1. The minimum Gasteiger partial charge on any atom is -0.394 e. The topological polar surface area (TPSA) is 46.2 Å². The fourth-order valence-corrected chi connectivity index (χ4v) is 1.69. The van der Waals surface area contributed by atoms with E-state index in [1.54, 1.807) is 11.4 Å². The van der Waals surface area contributed by atoms with E-state index in [0.717, 1.165) is 4.88 Å². The van der Waals surface area contributed by atoms with Crippen LogP contribution in [0.25, 0.3) is 0 Å². The van der Waals surface area contributed by atoms with Gasteiger partial charge in [-0.25, -0.2) is 0 Å². The van der Waals surface area contributed by atoms with Crippen LogP contribution < -0.4 is 5.73 Å². The average Bonchev–Trinajstić information content (AvgIpc) is 2.34. The fraction of sp³-hybridized carbons (Fsp3) is 0.333.